The van der Waals surface area contributed by atoms with E-state index in [0.29, 0.717) is 5.71 Å². The third-order valence-corrected chi connectivity index (χ3v) is 9.29. The Balaban J connectivity index is 0.000000174. The van der Waals surface area contributed by atoms with Crippen LogP contribution in [0.2, 0.25) is 0 Å². The van der Waals surface area contributed by atoms with Gasteiger partial charge in [-0.2, -0.15) is 0 Å². The van der Waals surface area contributed by atoms with E-state index in [-0.39, 0.29) is 20.1 Å². The fraction of sp³-hybridized carbons (Fsp3) is 0.0851. The number of nitrogens with zero attached hydrogens (tertiary/aromatic N) is 3. The molecule has 5 aromatic carbocycles. The van der Waals surface area contributed by atoms with E-state index >= 15 is 0 Å². The molecule has 1 radical (unpaired) electrons. The van der Waals surface area contributed by atoms with Crippen molar-refractivity contribution in [2.75, 3.05) is 0 Å². The Morgan fingerprint density at radius 1 is 0.577 bits per heavy atom. The van der Waals surface area contributed by atoms with Crippen molar-refractivity contribution in [3.8, 4) is 44.8 Å². The molecule has 0 unspecified atom stereocenters. The van der Waals surface area contributed by atoms with Gasteiger partial charge in [0.1, 0.15) is 0 Å². The van der Waals surface area contributed by atoms with Gasteiger partial charge in [-0.3, -0.25) is 0 Å². The van der Waals surface area contributed by atoms with Crippen molar-refractivity contribution in [1.82, 2.24) is 15.0 Å². The van der Waals surface area contributed by atoms with Crippen LogP contribution in [0, 0.1) is 39.8 Å². The van der Waals surface area contributed by atoms with Crippen LogP contribution >= 0.6 is 0 Å². The van der Waals surface area contributed by atoms with Crippen molar-refractivity contribution in [2.24, 2.45) is 0 Å². The van der Waals surface area contributed by atoms with Crippen LogP contribution in [0.3, 0.4) is 0 Å². The Morgan fingerprint density at radius 2 is 1.35 bits per heavy atom. The summed E-state index contributed by atoms with van der Waals surface area (Å²) in [6.45, 7) is 8.23. The SMILES string of the molecule is Cc1ccc(-c2[c-]cc(C)c(-c3ccccc3)c2)nc1.Cc1ccc2c(n1)oc1c(-c3cc(-c4ccc5ccccc5c4)c(C)cn3)[c-]ccc12.[Ir]. The standard InChI is InChI=1S/C28H19N2O.C19H16N.Ir/c1-17-16-29-26(15-25(17)21-12-11-19-6-3-4-7-20(19)14-21)24-9-5-8-22-23-13-10-18(2)30-28(23)31-27(22)24;1-14-8-11-19(20-13-14)17-10-9-15(2)18(12-17)16-6-4-3-5-7-16;/h3-8,10-16H,1-2H3;3-9,11-13H,1-2H3;/q2*-1;. The zero-order valence-corrected chi connectivity index (χ0v) is 31.8. The van der Waals surface area contributed by atoms with Crippen LogP contribution in [0.1, 0.15) is 22.4 Å². The molecule has 9 rings (SSSR count). The third kappa shape index (κ3) is 6.94. The van der Waals surface area contributed by atoms with E-state index in [1.54, 1.807) is 0 Å². The fourth-order valence-corrected chi connectivity index (χ4v) is 6.50. The van der Waals surface area contributed by atoms with Crippen molar-refractivity contribution in [3.63, 3.8) is 0 Å². The summed E-state index contributed by atoms with van der Waals surface area (Å²) in [5, 5.41) is 4.51. The molecule has 0 spiro atoms. The first kappa shape index (κ1) is 34.7. The van der Waals surface area contributed by atoms with Crippen LogP contribution in [0.15, 0.2) is 144 Å². The average Bonchev–Trinajstić information content (AvgIpc) is 3.54. The third-order valence-electron chi connectivity index (χ3n) is 9.29. The van der Waals surface area contributed by atoms with Crippen LogP contribution in [0.4, 0.5) is 0 Å². The Labute approximate surface area is 317 Å². The van der Waals surface area contributed by atoms with Crippen molar-refractivity contribution < 1.29 is 24.5 Å². The summed E-state index contributed by atoms with van der Waals surface area (Å²) in [5.74, 6) is 0. The number of aryl methyl sites for hydroxylation is 4. The second-order valence-electron chi connectivity index (χ2n) is 13.0. The molecule has 0 bridgehead atoms. The molecule has 0 aliphatic heterocycles. The number of benzene rings is 5. The Kier molecular flexibility index (Phi) is 9.91. The summed E-state index contributed by atoms with van der Waals surface area (Å²) < 4.78 is 6.17. The minimum absolute atomic E-state index is 0. The zero-order valence-electron chi connectivity index (χ0n) is 29.4. The van der Waals surface area contributed by atoms with Crippen LogP contribution in [-0.2, 0) is 20.1 Å². The first-order chi connectivity index (χ1) is 24.9. The molecule has 0 aliphatic carbocycles. The normalized spacial score (nSPS) is 10.9. The first-order valence-corrected chi connectivity index (χ1v) is 17.1. The maximum atomic E-state index is 6.17. The van der Waals surface area contributed by atoms with Gasteiger partial charge in [-0.1, -0.05) is 108 Å². The molecule has 52 heavy (non-hydrogen) atoms. The second-order valence-corrected chi connectivity index (χ2v) is 13.0. The van der Waals surface area contributed by atoms with Crippen molar-refractivity contribution in [3.05, 3.63) is 174 Å². The van der Waals surface area contributed by atoms with Gasteiger partial charge in [0.15, 0.2) is 0 Å². The predicted octanol–water partition coefficient (Wildman–Crippen LogP) is 12.1. The van der Waals surface area contributed by atoms with Crippen molar-refractivity contribution in [1.29, 1.82) is 0 Å². The maximum absolute atomic E-state index is 6.17. The molecule has 5 heteroatoms. The smallest absolute Gasteiger partial charge is 0.216 e. The molecule has 0 saturated heterocycles. The van der Waals surface area contributed by atoms with E-state index in [1.165, 1.54) is 38.6 Å². The van der Waals surface area contributed by atoms with E-state index < -0.39 is 0 Å². The molecule has 4 aromatic heterocycles. The number of rotatable bonds is 4. The van der Waals surface area contributed by atoms with Gasteiger partial charge in [-0.05, 0) is 88.9 Å². The Hall–Kier alpha value is -5.74. The van der Waals surface area contributed by atoms with E-state index in [0.717, 1.165) is 55.7 Å². The number of hydrogen-bond donors (Lipinski definition) is 0. The molecular formula is C47H35IrN3O-2. The molecule has 0 saturated carbocycles. The van der Waals surface area contributed by atoms with E-state index in [1.807, 2.05) is 62.6 Å². The molecule has 0 amide bonds. The predicted molar refractivity (Wildman–Crippen MR) is 209 cm³/mol. The summed E-state index contributed by atoms with van der Waals surface area (Å²) in [5.41, 5.74) is 14.4. The monoisotopic (exact) mass is 850 g/mol. The second kappa shape index (κ2) is 14.9. The largest absolute Gasteiger partial charge is 0.486 e. The van der Waals surface area contributed by atoms with E-state index in [4.69, 9.17) is 9.40 Å². The number of fused-ring (bicyclic) bond motifs is 4. The average molecular weight is 850 g/mol. The number of pyridine rings is 3. The van der Waals surface area contributed by atoms with Gasteiger partial charge in [0, 0.05) is 43.6 Å². The molecule has 0 N–H and O–H groups in total. The molecule has 4 heterocycles. The van der Waals surface area contributed by atoms with Gasteiger partial charge in [0.05, 0.1) is 5.58 Å². The summed E-state index contributed by atoms with van der Waals surface area (Å²) in [7, 11) is 0. The Bertz CT molecular complexity index is 2680. The van der Waals surface area contributed by atoms with Crippen molar-refractivity contribution >= 4 is 32.8 Å². The molecule has 0 atom stereocenters. The van der Waals surface area contributed by atoms with Gasteiger partial charge in [-0.25, -0.2) is 4.98 Å². The van der Waals surface area contributed by atoms with Crippen molar-refractivity contribution in [2.45, 2.75) is 27.7 Å². The van der Waals surface area contributed by atoms with Crippen LogP contribution in [0.25, 0.3) is 77.6 Å². The molecule has 0 fully saturated rings. The first-order valence-electron chi connectivity index (χ1n) is 17.1. The molecule has 9 aromatic rings. The Morgan fingerprint density at radius 3 is 2.15 bits per heavy atom. The summed E-state index contributed by atoms with van der Waals surface area (Å²) in [6.07, 6.45) is 3.82. The van der Waals surface area contributed by atoms with Gasteiger partial charge < -0.3 is 14.4 Å². The van der Waals surface area contributed by atoms with E-state index in [2.05, 4.69) is 127 Å². The summed E-state index contributed by atoms with van der Waals surface area (Å²) in [6, 6.07) is 50.6. The van der Waals surface area contributed by atoms with Crippen LogP contribution in [-0.4, -0.2) is 15.0 Å². The summed E-state index contributed by atoms with van der Waals surface area (Å²) >= 11 is 0. The topological polar surface area (TPSA) is 51.8 Å². The molecular weight excluding hydrogens is 815 g/mol. The van der Waals surface area contributed by atoms with Gasteiger partial charge >= 0.3 is 0 Å². The fourth-order valence-electron chi connectivity index (χ4n) is 6.50. The van der Waals surface area contributed by atoms with Gasteiger partial charge in [-0.15, -0.1) is 47.5 Å². The van der Waals surface area contributed by atoms with Crippen LogP contribution in [0.5, 0.6) is 0 Å². The summed E-state index contributed by atoms with van der Waals surface area (Å²) in [4.78, 5) is 13.8. The quantitative estimate of drug-likeness (QED) is 0.166. The minimum atomic E-state index is 0. The number of hydrogen-bond acceptors (Lipinski definition) is 4. The number of aromatic nitrogens is 3. The van der Waals surface area contributed by atoms with Gasteiger partial charge in [0.2, 0.25) is 5.71 Å². The molecule has 0 aliphatic rings. The molecule has 255 valence electrons. The number of furan rings is 1. The zero-order chi connectivity index (χ0) is 34.9. The van der Waals surface area contributed by atoms with E-state index in [9.17, 15) is 0 Å². The van der Waals surface area contributed by atoms with Gasteiger partial charge in [0.25, 0.3) is 0 Å². The maximum Gasteiger partial charge on any atom is 0.216 e. The van der Waals surface area contributed by atoms with Crippen LogP contribution < -0.4 is 0 Å². The molecule has 4 nitrogen and oxygen atoms in total. The minimum Gasteiger partial charge on any atom is -0.486 e.